The summed E-state index contributed by atoms with van der Waals surface area (Å²) in [7, 11) is 1.66. The second-order valence-corrected chi connectivity index (χ2v) is 18.0. The first kappa shape index (κ1) is 43.7. The summed E-state index contributed by atoms with van der Waals surface area (Å²) in [6, 6.07) is 4.08. The van der Waals surface area contributed by atoms with Gasteiger partial charge in [-0.3, -0.25) is 29.4 Å². The molecule has 0 spiro atoms. The van der Waals surface area contributed by atoms with E-state index in [9.17, 15) is 18.8 Å². The Hall–Kier alpha value is -3.85. The summed E-state index contributed by atoms with van der Waals surface area (Å²) in [4.78, 5) is 52.1. The van der Waals surface area contributed by atoms with Gasteiger partial charge in [0.05, 0.1) is 36.8 Å². The second kappa shape index (κ2) is 18.2. The molecule has 1 saturated carbocycles. The summed E-state index contributed by atoms with van der Waals surface area (Å²) in [5, 5.41) is 5.95. The molecule has 2 aromatic rings. The number of hydrogen-bond acceptors (Lipinski definition) is 10. The average Bonchev–Trinajstić information content (AvgIpc) is 3.48. The maximum absolute atomic E-state index is 14.6. The number of thioether (sulfide) groups is 1. The van der Waals surface area contributed by atoms with Crippen molar-refractivity contribution in [2.75, 3.05) is 32.6 Å². The van der Waals surface area contributed by atoms with Crippen LogP contribution >= 0.6 is 11.8 Å². The van der Waals surface area contributed by atoms with Gasteiger partial charge in [-0.1, -0.05) is 46.4 Å². The number of hydrazine groups is 1. The molecule has 14 heteroatoms. The first-order chi connectivity index (χ1) is 27.6. The van der Waals surface area contributed by atoms with Crippen molar-refractivity contribution in [2.45, 2.75) is 118 Å². The summed E-state index contributed by atoms with van der Waals surface area (Å²) in [5.41, 5.74) is 8.24. The maximum atomic E-state index is 14.6. The van der Waals surface area contributed by atoms with E-state index < -0.39 is 41.7 Å². The fourth-order valence-corrected chi connectivity index (χ4v) is 9.70. The van der Waals surface area contributed by atoms with Crippen LogP contribution in [0.4, 0.5) is 4.39 Å². The number of carbonyl (C=O) groups is 3. The number of ether oxygens (including phenoxy) is 3. The highest BCUT2D eigenvalue weighted by Crippen LogP contribution is 2.46. The Morgan fingerprint density at radius 1 is 1.26 bits per heavy atom. The van der Waals surface area contributed by atoms with Crippen molar-refractivity contribution in [2.24, 2.45) is 33.2 Å². The van der Waals surface area contributed by atoms with E-state index in [4.69, 9.17) is 24.2 Å². The zero-order valence-corrected chi connectivity index (χ0v) is 36.3. The van der Waals surface area contributed by atoms with Gasteiger partial charge in [0, 0.05) is 60.0 Å². The van der Waals surface area contributed by atoms with Gasteiger partial charge in [0.15, 0.2) is 0 Å². The molecule has 2 N–H and O–H groups in total. The lowest BCUT2D eigenvalue weighted by atomic mass is 9.84. The van der Waals surface area contributed by atoms with Gasteiger partial charge in [-0.25, -0.2) is 9.82 Å². The monoisotopic (exact) mass is 820 g/mol. The summed E-state index contributed by atoms with van der Waals surface area (Å²) in [6.07, 6.45) is 2.45. The summed E-state index contributed by atoms with van der Waals surface area (Å²) in [6.45, 7) is 20.6. The second-order valence-electron chi connectivity index (χ2n) is 16.9. The number of fused-ring (bicyclic) bond motifs is 5. The molecule has 316 valence electrons. The van der Waals surface area contributed by atoms with E-state index in [0.717, 1.165) is 39.0 Å². The fraction of sp³-hybridized carbons (Fsp3) is 0.614. The third kappa shape index (κ3) is 9.00. The number of aliphatic imine (C=N–C) groups is 2. The Labute approximate surface area is 346 Å². The third-order valence-corrected chi connectivity index (χ3v) is 13.2. The van der Waals surface area contributed by atoms with E-state index in [1.54, 1.807) is 13.3 Å². The van der Waals surface area contributed by atoms with E-state index in [1.165, 1.54) is 23.7 Å². The molecule has 6 rings (SSSR count). The molecule has 4 heterocycles. The van der Waals surface area contributed by atoms with E-state index in [0.29, 0.717) is 43.1 Å². The van der Waals surface area contributed by atoms with Gasteiger partial charge in [-0.05, 0) is 82.1 Å². The highest BCUT2D eigenvalue weighted by atomic mass is 32.2. The molecule has 2 fully saturated rings. The van der Waals surface area contributed by atoms with Crippen molar-refractivity contribution in [3.8, 4) is 0 Å². The van der Waals surface area contributed by atoms with Gasteiger partial charge in [0.25, 0.3) is 5.91 Å². The van der Waals surface area contributed by atoms with Crippen molar-refractivity contribution < 1.29 is 33.0 Å². The standard InChI is InChI=1S/C44H61FN6O6S/c1-11-29(36(46-12-2)27(7)55-10)38-31-20-44(8,9)23-57-43(54)32-15-14-18-51(49-32)42(53)37(48-40(52)35-25(5)26(35)6)39(56-21-24(4)45)41-47-33(22-58-41)28-16-17-34(30(31)19-28)50(38)13-3/h11-12,16-17,19,24-27,32-33,35,37,39,49H,1,13-15,18,20-23H2,2-10H3,(H,48,52)/b36-29+,46-12-/t24-,25-,26+,27-,32-,33?,35+,37-,39-/m0/s1. The van der Waals surface area contributed by atoms with Crippen molar-refractivity contribution >= 4 is 57.3 Å². The summed E-state index contributed by atoms with van der Waals surface area (Å²) >= 11 is 1.45. The smallest absolute Gasteiger partial charge is 0.324 e. The molecule has 1 aromatic heterocycles. The van der Waals surface area contributed by atoms with Gasteiger partial charge < -0.3 is 24.1 Å². The van der Waals surface area contributed by atoms with Gasteiger partial charge >= 0.3 is 5.97 Å². The number of nitrogens with zero attached hydrogens (tertiary/aromatic N) is 4. The number of rotatable bonds is 11. The van der Waals surface area contributed by atoms with Crippen LogP contribution < -0.4 is 10.7 Å². The van der Waals surface area contributed by atoms with Crippen LogP contribution in [0.25, 0.3) is 16.5 Å². The van der Waals surface area contributed by atoms with Crippen LogP contribution in [0.2, 0.25) is 0 Å². The Morgan fingerprint density at radius 2 is 2.00 bits per heavy atom. The van der Waals surface area contributed by atoms with Crippen molar-refractivity contribution in [3.05, 3.63) is 53.4 Å². The lowest BCUT2D eigenvalue weighted by Crippen LogP contribution is -2.63. The predicted octanol–water partition coefficient (Wildman–Crippen LogP) is 6.62. The summed E-state index contributed by atoms with van der Waals surface area (Å²) < 4.78 is 34.9. The lowest BCUT2D eigenvalue weighted by molar-refractivity contribution is -0.156. The van der Waals surface area contributed by atoms with Crippen LogP contribution in [0.1, 0.15) is 91.1 Å². The number of hydrogen-bond donors (Lipinski definition) is 2. The normalized spacial score (nSPS) is 29.0. The molecule has 1 aliphatic carbocycles. The van der Waals surface area contributed by atoms with Gasteiger partial charge in [-0.2, -0.15) is 0 Å². The SMILES string of the molecule is C=C/C(=C(\N=C/C)[C@H](C)OC)c1c2c3cc(ccc3n1CC)C1CSC(=N1)[C@@H](OC[C@H](C)F)[C@H](NC(=O)[C@H]1[C@H](C)[C@@H]1C)C(=O)N1CCC[C@H](N1)C(=O)OCC(C)(C)C2. The van der Waals surface area contributed by atoms with Crippen LogP contribution in [0.15, 0.2) is 46.5 Å². The molecule has 4 aliphatic rings. The minimum Gasteiger partial charge on any atom is -0.464 e. The highest BCUT2D eigenvalue weighted by Gasteiger charge is 2.50. The molecular weight excluding hydrogens is 760 g/mol. The van der Waals surface area contributed by atoms with Crippen molar-refractivity contribution in [1.29, 1.82) is 0 Å². The number of esters is 1. The van der Waals surface area contributed by atoms with Crippen molar-refractivity contribution in [3.63, 3.8) is 0 Å². The number of allylic oxidation sites excluding steroid dienone is 2. The van der Waals surface area contributed by atoms with Crippen LogP contribution in [0.5, 0.6) is 0 Å². The van der Waals surface area contributed by atoms with Crippen LogP contribution in [-0.2, 0) is 41.6 Å². The number of benzene rings is 1. The zero-order chi connectivity index (χ0) is 42.1. The van der Waals surface area contributed by atoms with E-state index in [-0.39, 0.29) is 49.0 Å². The lowest BCUT2D eigenvalue weighted by Gasteiger charge is -2.37. The number of halogens is 1. The van der Waals surface area contributed by atoms with Crippen LogP contribution in [0.3, 0.4) is 0 Å². The molecule has 9 atom stereocenters. The number of aryl methyl sites for hydroxylation is 1. The topological polar surface area (TPSA) is 136 Å². The van der Waals surface area contributed by atoms with Gasteiger partial charge in [0.1, 0.15) is 29.4 Å². The predicted molar refractivity (Wildman–Crippen MR) is 228 cm³/mol. The molecular formula is C44H61FN6O6S. The molecule has 6 bridgehead atoms. The Bertz CT molecular complexity index is 1980. The number of alkyl halides is 1. The molecule has 0 radical (unpaired) electrons. The third-order valence-electron chi connectivity index (χ3n) is 12.0. The minimum atomic E-state index is -1.33. The maximum Gasteiger partial charge on any atom is 0.324 e. The van der Waals surface area contributed by atoms with Gasteiger partial charge in [-0.15, -0.1) is 11.8 Å². The molecule has 1 unspecified atom stereocenters. The van der Waals surface area contributed by atoms with E-state index in [1.807, 2.05) is 33.8 Å². The Morgan fingerprint density at radius 3 is 2.64 bits per heavy atom. The van der Waals surface area contributed by atoms with Gasteiger partial charge in [0.2, 0.25) is 5.91 Å². The summed E-state index contributed by atoms with van der Waals surface area (Å²) in [5.74, 6) is -0.575. The Balaban J connectivity index is 1.54. The van der Waals surface area contributed by atoms with Crippen LogP contribution in [-0.4, -0.2) is 102 Å². The molecule has 12 nitrogen and oxygen atoms in total. The average molecular weight is 821 g/mol. The number of carbonyl (C=O) groups excluding carboxylic acids is 3. The largest absolute Gasteiger partial charge is 0.464 e. The number of cyclic esters (lactones) is 1. The quantitative estimate of drug-likeness (QED) is 0.147. The molecule has 2 amide bonds. The van der Waals surface area contributed by atoms with E-state index >= 15 is 0 Å². The molecule has 1 aromatic carbocycles. The Kier molecular flexibility index (Phi) is 13.7. The molecule has 58 heavy (non-hydrogen) atoms. The van der Waals surface area contributed by atoms with E-state index in [2.05, 4.69) is 60.9 Å². The number of nitrogens with one attached hydrogen (secondary N) is 2. The number of amides is 2. The zero-order valence-electron chi connectivity index (χ0n) is 35.5. The highest BCUT2D eigenvalue weighted by molar-refractivity contribution is 8.14. The number of aromatic nitrogens is 1. The molecule has 1 saturated heterocycles. The minimum absolute atomic E-state index is 0.123. The first-order valence-electron chi connectivity index (χ1n) is 20.7. The fourth-order valence-electron chi connectivity index (χ4n) is 8.53. The van der Waals surface area contributed by atoms with Crippen molar-refractivity contribution in [1.82, 2.24) is 20.3 Å². The van der Waals surface area contributed by atoms with Crippen LogP contribution in [0, 0.1) is 23.2 Å². The molecule has 3 aliphatic heterocycles. The number of methoxy groups -OCH3 is 1. The first-order valence-corrected chi connectivity index (χ1v) is 21.7.